The number of allylic oxidation sites excluding steroid dienone is 1. The van der Waals surface area contributed by atoms with Crippen molar-refractivity contribution < 1.29 is 4.79 Å². The zero-order valence-electron chi connectivity index (χ0n) is 9.47. The third-order valence-corrected chi connectivity index (χ3v) is 4.41. The lowest BCUT2D eigenvalue weighted by Crippen LogP contribution is -2.07. The first-order valence-corrected chi connectivity index (χ1v) is 6.61. The Morgan fingerprint density at radius 2 is 2.06 bits per heavy atom. The first-order chi connectivity index (χ1) is 8.11. The third kappa shape index (κ3) is 2.65. The minimum atomic E-state index is -0.135. The number of hydrogen-bond acceptors (Lipinski definition) is 4. The first kappa shape index (κ1) is 12.5. The second-order valence-electron chi connectivity index (χ2n) is 3.96. The fourth-order valence-electron chi connectivity index (χ4n) is 1.57. The van der Waals surface area contributed by atoms with Gasteiger partial charge in [0.25, 0.3) is 0 Å². The summed E-state index contributed by atoms with van der Waals surface area (Å²) in [4.78, 5) is 12.6. The summed E-state index contributed by atoms with van der Waals surface area (Å²) in [5, 5.41) is 0. The monoisotopic (exact) mass is 263 g/mol. The Balaban J connectivity index is 2.24. The van der Waals surface area contributed by atoms with Crippen LogP contribution in [0, 0.1) is 5.92 Å². The van der Waals surface area contributed by atoms with Gasteiger partial charge in [0.2, 0.25) is 0 Å². The number of hydrogen-bond donors (Lipinski definition) is 1. The van der Waals surface area contributed by atoms with E-state index in [-0.39, 0.29) is 11.7 Å². The fraction of sp³-hybridized carbons (Fsp3) is 0.231. The maximum Gasteiger partial charge on any atom is 0.178 e. The third-order valence-electron chi connectivity index (χ3n) is 2.71. The molecule has 1 aliphatic heterocycles. The van der Waals surface area contributed by atoms with Crippen molar-refractivity contribution in [2.45, 2.75) is 13.5 Å². The van der Waals surface area contributed by atoms with Crippen molar-refractivity contribution in [3.05, 3.63) is 40.3 Å². The fourth-order valence-corrected chi connectivity index (χ4v) is 2.92. The molecular weight excluding hydrogens is 250 g/mol. The lowest BCUT2D eigenvalue weighted by molar-refractivity contribution is -0.115. The highest BCUT2D eigenvalue weighted by atomic mass is 32.2. The van der Waals surface area contributed by atoms with Crippen molar-refractivity contribution in [1.29, 1.82) is 0 Å². The van der Waals surface area contributed by atoms with Crippen LogP contribution in [0.4, 0.5) is 0 Å². The molecule has 2 N–H and O–H groups in total. The highest BCUT2D eigenvalue weighted by molar-refractivity contribution is 8.27. The molecule has 0 saturated carbocycles. The summed E-state index contributed by atoms with van der Waals surface area (Å²) >= 11 is 6.54. The highest BCUT2D eigenvalue weighted by Gasteiger charge is 2.31. The van der Waals surface area contributed by atoms with E-state index in [0.29, 0.717) is 6.54 Å². The van der Waals surface area contributed by atoms with Crippen LogP contribution in [0.25, 0.3) is 6.08 Å². The van der Waals surface area contributed by atoms with Gasteiger partial charge < -0.3 is 5.73 Å². The number of nitrogens with two attached hydrogens (primary N) is 1. The zero-order chi connectivity index (χ0) is 12.4. The molecular formula is C13H13NOS2. The smallest absolute Gasteiger partial charge is 0.178 e. The molecule has 0 bridgehead atoms. The topological polar surface area (TPSA) is 43.1 Å². The second kappa shape index (κ2) is 5.12. The molecule has 2 rings (SSSR count). The zero-order valence-corrected chi connectivity index (χ0v) is 11.1. The van der Waals surface area contributed by atoms with Crippen LogP contribution in [-0.4, -0.2) is 9.98 Å². The molecule has 2 nitrogen and oxygen atoms in total. The van der Waals surface area contributed by atoms with Crippen molar-refractivity contribution in [3.8, 4) is 0 Å². The van der Waals surface area contributed by atoms with Gasteiger partial charge in [-0.3, -0.25) is 4.79 Å². The predicted molar refractivity (Wildman–Crippen MR) is 76.7 cm³/mol. The van der Waals surface area contributed by atoms with Gasteiger partial charge in [-0.2, -0.15) is 0 Å². The summed E-state index contributed by atoms with van der Waals surface area (Å²) in [7, 11) is 0. The number of ketones is 1. The maximum absolute atomic E-state index is 11.8. The van der Waals surface area contributed by atoms with Crippen LogP contribution >= 0.6 is 24.0 Å². The predicted octanol–water partition coefficient (Wildman–Crippen LogP) is 2.77. The highest BCUT2D eigenvalue weighted by Crippen LogP contribution is 2.35. The molecule has 0 aliphatic carbocycles. The van der Waals surface area contributed by atoms with Crippen LogP contribution in [0.1, 0.15) is 18.1 Å². The second-order valence-corrected chi connectivity index (χ2v) is 5.74. The van der Waals surface area contributed by atoms with E-state index >= 15 is 0 Å². The standard InChI is InChI=1S/C13H13NOS2/c1-8-12(15)11(17-13(8)16)6-9-2-4-10(7-14)5-3-9/h2-6,8H,7,14H2,1H3. The van der Waals surface area contributed by atoms with Gasteiger partial charge in [0, 0.05) is 6.54 Å². The van der Waals surface area contributed by atoms with Gasteiger partial charge in [-0.15, -0.1) is 0 Å². The Bertz CT molecular complexity index is 491. The van der Waals surface area contributed by atoms with Crippen LogP contribution in [0.15, 0.2) is 29.2 Å². The average Bonchev–Trinajstić information content (AvgIpc) is 2.58. The Hall–Kier alpha value is -0.970. The molecule has 0 spiro atoms. The van der Waals surface area contributed by atoms with Crippen molar-refractivity contribution in [2.75, 3.05) is 0 Å². The van der Waals surface area contributed by atoms with E-state index in [9.17, 15) is 4.79 Å². The molecule has 1 aromatic rings. The van der Waals surface area contributed by atoms with E-state index in [1.165, 1.54) is 11.8 Å². The van der Waals surface area contributed by atoms with E-state index in [4.69, 9.17) is 18.0 Å². The Morgan fingerprint density at radius 3 is 2.53 bits per heavy atom. The quantitative estimate of drug-likeness (QED) is 0.658. The SMILES string of the molecule is CC1C(=O)C(=Cc2ccc(CN)cc2)SC1=S. The Kier molecular flexibility index (Phi) is 3.76. The molecule has 4 heteroatoms. The summed E-state index contributed by atoms with van der Waals surface area (Å²) in [6, 6.07) is 7.88. The molecule has 1 saturated heterocycles. The minimum absolute atomic E-state index is 0.128. The molecule has 1 atom stereocenters. The number of thiocarbonyl (C=S) groups is 1. The number of Topliss-reactive ketones (excluding diaryl/α,β-unsaturated/α-hetero) is 1. The van der Waals surface area contributed by atoms with Crippen molar-refractivity contribution in [3.63, 3.8) is 0 Å². The lowest BCUT2D eigenvalue weighted by Gasteiger charge is -1.99. The molecule has 17 heavy (non-hydrogen) atoms. The number of carbonyl (C=O) groups is 1. The molecule has 0 aromatic heterocycles. The number of rotatable bonds is 2. The van der Waals surface area contributed by atoms with Crippen molar-refractivity contribution in [1.82, 2.24) is 0 Å². The van der Waals surface area contributed by atoms with E-state index < -0.39 is 0 Å². The number of carbonyl (C=O) groups excluding carboxylic acids is 1. The molecule has 0 amide bonds. The minimum Gasteiger partial charge on any atom is -0.326 e. The number of benzene rings is 1. The molecule has 1 fully saturated rings. The van der Waals surface area contributed by atoms with E-state index in [2.05, 4.69) is 0 Å². The summed E-state index contributed by atoms with van der Waals surface area (Å²) in [5.74, 6) is -0.00698. The van der Waals surface area contributed by atoms with Crippen molar-refractivity contribution in [2.24, 2.45) is 11.7 Å². The molecule has 1 aliphatic rings. The maximum atomic E-state index is 11.8. The van der Waals surface area contributed by atoms with E-state index in [1.54, 1.807) is 0 Å². The molecule has 1 aromatic carbocycles. The summed E-state index contributed by atoms with van der Waals surface area (Å²) in [6.45, 7) is 2.39. The van der Waals surface area contributed by atoms with E-state index in [1.807, 2.05) is 37.3 Å². The number of thioether (sulfide) groups is 1. The average molecular weight is 263 g/mol. The van der Waals surface area contributed by atoms with Crippen LogP contribution in [0.2, 0.25) is 0 Å². The summed E-state index contributed by atoms with van der Waals surface area (Å²) in [5.41, 5.74) is 7.63. The van der Waals surface area contributed by atoms with Gasteiger partial charge in [0.15, 0.2) is 5.78 Å². The van der Waals surface area contributed by atoms with Gasteiger partial charge >= 0.3 is 0 Å². The van der Waals surface area contributed by atoms with Gasteiger partial charge in [0.05, 0.1) is 15.0 Å². The normalized spacial score (nSPS) is 22.5. The Morgan fingerprint density at radius 1 is 1.41 bits per heavy atom. The van der Waals surface area contributed by atoms with E-state index in [0.717, 1.165) is 20.2 Å². The van der Waals surface area contributed by atoms with Crippen LogP contribution in [-0.2, 0) is 11.3 Å². The van der Waals surface area contributed by atoms with Gasteiger partial charge in [0.1, 0.15) is 0 Å². The first-order valence-electron chi connectivity index (χ1n) is 5.38. The Labute approximate surface area is 110 Å². The lowest BCUT2D eigenvalue weighted by atomic mass is 10.1. The molecule has 0 radical (unpaired) electrons. The van der Waals surface area contributed by atoms with Gasteiger partial charge in [-0.25, -0.2) is 0 Å². The largest absolute Gasteiger partial charge is 0.326 e. The van der Waals surface area contributed by atoms with Gasteiger partial charge in [-0.1, -0.05) is 48.2 Å². The van der Waals surface area contributed by atoms with Crippen molar-refractivity contribution >= 4 is 40.0 Å². The summed E-state index contributed by atoms with van der Waals surface area (Å²) < 4.78 is 0.764. The molecule has 1 unspecified atom stereocenters. The molecule has 1 heterocycles. The van der Waals surface area contributed by atoms with Crippen LogP contribution < -0.4 is 5.73 Å². The summed E-state index contributed by atoms with van der Waals surface area (Å²) in [6.07, 6.45) is 1.89. The van der Waals surface area contributed by atoms with Crippen LogP contribution in [0.5, 0.6) is 0 Å². The molecule has 88 valence electrons. The van der Waals surface area contributed by atoms with Gasteiger partial charge in [-0.05, 0) is 24.1 Å². The van der Waals surface area contributed by atoms with Crippen LogP contribution in [0.3, 0.4) is 0 Å².